The monoisotopic (exact) mass is 145 g/mol. The minimum atomic E-state index is -0.169. The summed E-state index contributed by atoms with van der Waals surface area (Å²) in [6.45, 7) is 1.52. The fraction of sp³-hybridized carbons (Fsp3) is 0.500. The molecular formula is C4H8BNO2S. The highest BCUT2D eigenvalue weighted by molar-refractivity contribution is 8.31. The number of carbonyl (C=O) groups excluding carboxylic acids is 2. The van der Waals surface area contributed by atoms with Crippen molar-refractivity contribution in [3.8, 4) is 0 Å². The van der Waals surface area contributed by atoms with E-state index in [0.29, 0.717) is 0 Å². The van der Waals surface area contributed by atoms with Gasteiger partial charge in [-0.05, 0) is 0 Å². The van der Waals surface area contributed by atoms with Gasteiger partial charge in [-0.2, -0.15) is 0 Å². The van der Waals surface area contributed by atoms with Gasteiger partial charge in [-0.3, -0.25) is 9.59 Å². The Kier molecular flexibility index (Phi) is 4.22. The van der Waals surface area contributed by atoms with Gasteiger partial charge in [0.15, 0.2) is 12.2 Å². The summed E-state index contributed by atoms with van der Waals surface area (Å²) in [5, 5.41) is 2.36. The molecule has 0 saturated heterocycles. The van der Waals surface area contributed by atoms with Crippen LogP contribution in [0.25, 0.3) is 0 Å². The molecule has 0 aromatic carbocycles. The summed E-state index contributed by atoms with van der Waals surface area (Å²) in [5.74, 6) is -0.169. The van der Waals surface area contributed by atoms with Crippen LogP contribution in [0.5, 0.6) is 0 Å². The number of hydrogen-bond donors (Lipinski definition) is 1. The van der Waals surface area contributed by atoms with Crippen LogP contribution in [-0.4, -0.2) is 24.7 Å². The van der Waals surface area contributed by atoms with E-state index in [0.717, 1.165) is 11.6 Å². The van der Waals surface area contributed by atoms with E-state index in [4.69, 9.17) is 0 Å². The van der Waals surface area contributed by atoms with E-state index >= 15 is 0 Å². The molecule has 0 saturated carbocycles. The average Bonchev–Trinajstić information content (AvgIpc) is 1.83. The van der Waals surface area contributed by atoms with Gasteiger partial charge in [0.1, 0.15) is 0 Å². The predicted octanol–water partition coefficient (Wildman–Crippen LogP) is -1.07. The minimum absolute atomic E-state index is 0.0230. The van der Waals surface area contributed by atoms with E-state index < -0.39 is 0 Å². The summed E-state index contributed by atoms with van der Waals surface area (Å²) in [4.78, 5) is 20.7. The van der Waals surface area contributed by atoms with Gasteiger partial charge in [0.25, 0.3) is 0 Å². The smallest absolute Gasteiger partial charge is 0.217 e. The van der Waals surface area contributed by atoms with Crippen molar-refractivity contribution in [1.82, 2.24) is 5.32 Å². The summed E-state index contributed by atoms with van der Waals surface area (Å²) in [5.41, 5.74) is 0. The molecule has 0 fully saturated rings. The first kappa shape index (κ1) is 8.55. The molecule has 9 heavy (non-hydrogen) atoms. The first-order valence-corrected chi connectivity index (χ1v) is 3.70. The maximum atomic E-state index is 10.5. The highest BCUT2D eigenvalue weighted by Gasteiger charge is 1.97. The molecule has 3 nitrogen and oxygen atoms in total. The summed E-state index contributed by atoms with van der Waals surface area (Å²) in [6, 6.07) is 0. The molecule has 0 bridgehead atoms. The number of nitrogens with one attached hydrogen (secondary N) is 1. The Bertz CT molecular complexity index is 128. The zero-order chi connectivity index (χ0) is 7.28. The second-order valence-corrected chi connectivity index (χ2v) is 2.35. The van der Waals surface area contributed by atoms with Crippen LogP contribution in [0.1, 0.15) is 6.92 Å². The fourth-order valence-electron chi connectivity index (χ4n) is 0.269. The molecule has 0 aliphatic rings. The summed E-state index contributed by atoms with van der Waals surface area (Å²) in [6.07, 6.45) is 0. The maximum Gasteiger partial charge on any atom is 0.217 e. The molecule has 0 aromatic heterocycles. The number of carbonyl (C=O) groups is 2. The van der Waals surface area contributed by atoms with Crippen LogP contribution in [0.2, 0.25) is 0 Å². The molecule has 5 heteroatoms. The molecule has 0 spiro atoms. The first-order chi connectivity index (χ1) is 4.16. The SMILES string of the molecule is BSC(=O)CNC(C)=O. The zero-order valence-electron chi connectivity index (χ0n) is 5.43. The standard InChI is InChI=1S/C4H8BNO2S/c1-3(7)6-2-4(8)9-5/h2,5H2,1H3,(H,6,7). The normalized spacial score (nSPS) is 8.56. The molecule has 0 unspecified atom stereocenters. The Balaban J connectivity index is 3.28. The van der Waals surface area contributed by atoms with Gasteiger partial charge in [-0.25, -0.2) is 0 Å². The molecule has 0 aliphatic carbocycles. The van der Waals surface area contributed by atoms with Gasteiger partial charge in [0.05, 0.1) is 6.54 Å². The van der Waals surface area contributed by atoms with Crippen molar-refractivity contribution < 1.29 is 9.59 Å². The van der Waals surface area contributed by atoms with Crippen LogP contribution in [-0.2, 0) is 9.59 Å². The molecule has 0 atom stereocenters. The molecule has 0 aliphatic heterocycles. The lowest BCUT2D eigenvalue weighted by Gasteiger charge is -1.96. The van der Waals surface area contributed by atoms with Crippen molar-refractivity contribution in [2.45, 2.75) is 6.92 Å². The van der Waals surface area contributed by atoms with Crippen LogP contribution in [0.3, 0.4) is 0 Å². The second-order valence-electron chi connectivity index (χ2n) is 1.49. The van der Waals surface area contributed by atoms with Crippen molar-refractivity contribution >= 4 is 29.8 Å². The number of amides is 1. The van der Waals surface area contributed by atoms with Gasteiger partial charge in [-0.1, -0.05) is 0 Å². The Labute approximate surface area is 58.9 Å². The molecule has 0 rings (SSSR count). The molecule has 50 valence electrons. The van der Waals surface area contributed by atoms with Gasteiger partial charge in [-0.15, -0.1) is 11.6 Å². The van der Waals surface area contributed by atoms with Gasteiger partial charge < -0.3 is 5.32 Å². The fourth-order valence-corrected chi connectivity index (χ4v) is 0.485. The van der Waals surface area contributed by atoms with Crippen molar-refractivity contribution in [3.63, 3.8) is 0 Å². The molecule has 1 N–H and O–H groups in total. The van der Waals surface area contributed by atoms with Gasteiger partial charge in [0, 0.05) is 6.92 Å². The lowest BCUT2D eigenvalue weighted by molar-refractivity contribution is -0.121. The first-order valence-electron chi connectivity index (χ1n) is 2.48. The van der Waals surface area contributed by atoms with Crippen molar-refractivity contribution in [1.29, 1.82) is 0 Å². The zero-order valence-corrected chi connectivity index (χ0v) is 6.25. The Morgan fingerprint density at radius 3 is 2.56 bits per heavy atom. The van der Waals surface area contributed by atoms with Crippen molar-refractivity contribution in [3.05, 3.63) is 0 Å². The summed E-state index contributed by atoms with van der Waals surface area (Å²) >= 11 is 1.11. The van der Waals surface area contributed by atoms with Crippen LogP contribution in [0.4, 0.5) is 0 Å². The molecule has 0 heterocycles. The quantitative estimate of drug-likeness (QED) is 0.503. The third kappa shape index (κ3) is 5.43. The molecular weight excluding hydrogens is 137 g/mol. The van der Waals surface area contributed by atoms with Gasteiger partial charge in [0.2, 0.25) is 5.91 Å². The van der Waals surface area contributed by atoms with E-state index in [1.165, 1.54) is 6.92 Å². The molecule has 1 amide bonds. The largest absolute Gasteiger partial charge is 0.348 e. The Morgan fingerprint density at radius 1 is 1.67 bits per heavy atom. The topological polar surface area (TPSA) is 46.2 Å². The molecule has 0 aromatic rings. The lowest BCUT2D eigenvalue weighted by atomic mass is 10.6. The van der Waals surface area contributed by atoms with Crippen LogP contribution in [0.15, 0.2) is 0 Å². The Hall–Kier alpha value is -0.445. The highest BCUT2D eigenvalue weighted by Crippen LogP contribution is 1.88. The van der Waals surface area contributed by atoms with Crippen LogP contribution in [0, 0.1) is 0 Å². The summed E-state index contributed by atoms with van der Waals surface area (Å²) in [7, 11) is 1.68. The summed E-state index contributed by atoms with van der Waals surface area (Å²) < 4.78 is 0. The predicted molar refractivity (Wildman–Crippen MR) is 39.8 cm³/mol. The van der Waals surface area contributed by atoms with Crippen molar-refractivity contribution in [2.24, 2.45) is 0 Å². The van der Waals surface area contributed by atoms with E-state index in [2.05, 4.69) is 5.32 Å². The van der Waals surface area contributed by atoms with Crippen LogP contribution < -0.4 is 5.32 Å². The Morgan fingerprint density at radius 2 is 2.22 bits per heavy atom. The van der Waals surface area contributed by atoms with E-state index in [-0.39, 0.29) is 17.6 Å². The minimum Gasteiger partial charge on any atom is -0.348 e. The highest BCUT2D eigenvalue weighted by atomic mass is 32.2. The number of rotatable bonds is 2. The van der Waals surface area contributed by atoms with E-state index in [1.54, 1.807) is 7.12 Å². The van der Waals surface area contributed by atoms with Gasteiger partial charge >= 0.3 is 0 Å². The van der Waals surface area contributed by atoms with Crippen LogP contribution >= 0.6 is 11.6 Å². The molecule has 0 radical (unpaired) electrons. The maximum absolute atomic E-state index is 10.5. The third-order valence-electron chi connectivity index (χ3n) is 0.709. The number of hydrogen-bond acceptors (Lipinski definition) is 3. The van der Waals surface area contributed by atoms with Crippen molar-refractivity contribution in [2.75, 3.05) is 6.54 Å². The lowest BCUT2D eigenvalue weighted by Crippen LogP contribution is -2.25. The van der Waals surface area contributed by atoms with E-state index in [1.807, 2.05) is 0 Å². The average molecular weight is 145 g/mol. The third-order valence-corrected chi connectivity index (χ3v) is 1.31. The van der Waals surface area contributed by atoms with E-state index in [9.17, 15) is 9.59 Å². The second kappa shape index (κ2) is 4.44.